The second-order valence-electron chi connectivity index (χ2n) is 9.76. The van der Waals surface area contributed by atoms with E-state index in [0.717, 1.165) is 41.0 Å². The maximum absolute atomic E-state index is 12.1. The Labute approximate surface area is 219 Å². The van der Waals surface area contributed by atoms with Gasteiger partial charge in [-0.2, -0.15) is 0 Å². The molecule has 0 aliphatic heterocycles. The number of nitrogens with zero attached hydrogens (tertiary/aromatic N) is 2. The number of hydrogen-bond acceptors (Lipinski definition) is 5. The highest BCUT2D eigenvalue weighted by Crippen LogP contribution is 2.23. The molecule has 1 heterocycles. The number of rotatable bonds is 14. The van der Waals surface area contributed by atoms with Crippen molar-refractivity contribution in [2.24, 2.45) is 0 Å². The molecule has 0 spiro atoms. The van der Waals surface area contributed by atoms with Crippen LogP contribution in [0.4, 0.5) is 0 Å². The van der Waals surface area contributed by atoms with E-state index in [0.29, 0.717) is 12.2 Å². The van der Waals surface area contributed by atoms with Gasteiger partial charge in [-0.3, -0.25) is 4.79 Å². The Morgan fingerprint density at radius 3 is 2.11 bits per heavy atom. The summed E-state index contributed by atoms with van der Waals surface area (Å²) in [5, 5.41) is 11.7. The van der Waals surface area contributed by atoms with Crippen molar-refractivity contribution in [1.29, 1.82) is 0 Å². The molecule has 0 radical (unpaired) electrons. The molecule has 0 atom stereocenters. The summed E-state index contributed by atoms with van der Waals surface area (Å²) < 4.78 is 5.85. The number of carboxylic acids is 1. The van der Waals surface area contributed by atoms with Gasteiger partial charge in [0.15, 0.2) is 5.82 Å². The zero-order valence-electron chi connectivity index (χ0n) is 22.0. The molecule has 1 aromatic heterocycles. The molecule has 3 rings (SSSR count). The normalized spacial score (nSPS) is 11.2. The van der Waals surface area contributed by atoms with Gasteiger partial charge in [0.05, 0.1) is 6.61 Å². The molecular weight excluding hydrogens is 466 g/mol. The van der Waals surface area contributed by atoms with Gasteiger partial charge in [-0.1, -0.05) is 69.0 Å². The summed E-state index contributed by atoms with van der Waals surface area (Å²) in [6.45, 7) is 5.90. The molecule has 1 amide bonds. The standard InChI is InChI=1S/C30H37N3O4/c1-4-5-6-7-8-19-37-26-16-14-23(15-17-26)25-20-31-28(32-21-25)24-12-9-22(10-13-24)11-18-27(34)33-30(2,3)29(35)36/h9-10,12-17,20-21H,4-8,11,18-19H2,1-3H3,(H,33,34)(H,35,36). The zero-order valence-corrected chi connectivity index (χ0v) is 22.0. The Bertz CT molecular complexity index is 1140. The highest BCUT2D eigenvalue weighted by atomic mass is 16.5. The summed E-state index contributed by atoms with van der Waals surface area (Å²) in [5.74, 6) is 0.141. The molecule has 0 saturated heterocycles. The number of aromatic nitrogens is 2. The van der Waals surface area contributed by atoms with Gasteiger partial charge < -0.3 is 15.2 Å². The molecule has 3 aromatic rings. The molecule has 0 fully saturated rings. The Kier molecular flexibility index (Phi) is 10.2. The lowest BCUT2D eigenvalue weighted by atomic mass is 10.0. The minimum Gasteiger partial charge on any atom is -0.494 e. The fraction of sp³-hybridized carbons (Fsp3) is 0.400. The molecular formula is C30H37N3O4. The summed E-state index contributed by atoms with van der Waals surface area (Å²) in [6.07, 6.45) is 10.5. The zero-order chi connectivity index (χ0) is 26.7. The largest absolute Gasteiger partial charge is 0.494 e. The van der Waals surface area contributed by atoms with Crippen LogP contribution in [0.15, 0.2) is 60.9 Å². The first-order valence-corrected chi connectivity index (χ1v) is 13.0. The van der Waals surface area contributed by atoms with Gasteiger partial charge in [-0.15, -0.1) is 0 Å². The number of carbonyl (C=O) groups excluding carboxylic acids is 1. The molecule has 7 nitrogen and oxygen atoms in total. The predicted octanol–water partition coefficient (Wildman–Crippen LogP) is 6.07. The number of ether oxygens (including phenoxy) is 1. The fourth-order valence-electron chi connectivity index (χ4n) is 3.81. The summed E-state index contributed by atoms with van der Waals surface area (Å²) >= 11 is 0. The number of nitrogens with one attached hydrogen (secondary N) is 1. The Morgan fingerprint density at radius 2 is 1.49 bits per heavy atom. The predicted molar refractivity (Wildman–Crippen MR) is 145 cm³/mol. The van der Waals surface area contributed by atoms with Gasteiger partial charge in [0.2, 0.25) is 5.91 Å². The van der Waals surface area contributed by atoms with Gasteiger partial charge in [0.25, 0.3) is 0 Å². The number of aliphatic carboxylic acids is 1. The number of carboxylic acid groups (broad SMARTS) is 1. The first kappa shape index (κ1) is 27.8. The van der Waals surface area contributed by atoms with Crippen LogP contribution in [0.1, 0.15) is 64.9 Å². The van der Waals surface area contributed by atoms with Gasteiger partial charge >= 0.3 is 5.97 Å². The summed E-state index contributed by atoms with van der Waals surface area (Å²) in [6, 6.07) is 15.7. The maximum Gasteiger partial charge on any atom is 0.328 e. The lowest BCUT2D eigenvalue weighted by molar-refractivity contribution is -0.146. The van der Waals surface area contributed by atoms with Gasteiger partial charge in [0, 0.05) is 29.9 Å². The molecule has 37 heavy (non-hydrogen) atoms. The highest BCUT2D eigenvalue weighted by Gasteiger charge is 2.28. The first-order chi connectivity index (χ1) is 17.8. The van der Waals surface area contributed by atoms with E-state index in [9.17, 15) is 9.59 Å². The van der Waals surface area contributed by atoms with Crippen LogP contribution in [0.2, 0.25) is 0 Å². The number of unbranched alkanes of at least 4 members (excludes halogenated alkanes) is 4. The highest BCUT2D eigenvalue weighted by molar-refractivity contribution is 5.86. The van der Waals surface area contributed by atoms with Crippen molar-refractivity contribution < 1.29 is 19.4 Å². The lowest BCUT2D eigenvalue weighted by Gasteiger charge is -2.20. The fourth-order valence-corrected chi connectivity index (χ4v) is 3.81. The number of aryl methyl sites for hydroxylation is 1. The average Bonchev–Trinajstić information content (AvgIpc) is 2.90. The monoisotopic (exact) mass is 503 g/mol. The van der Waals surface area contributed by atoms with Gasteiger partial charge in [-0.25, -0.2) is 14.8 Å². The topological polar surface area (TPSA) is 101 Å². The van der Waals surface area contributed by atoms with Crippen LogP contribution in [-0.2, 0) is 16.0 Å². The van der Waals surface area contributed by atoms with Crippen molar-refractivity contribution in [3.8, 4) is 28.3 Å². The minimum absolute atomic E-state index is 0.212. The van der Waals surface area contributed by atoms with E-state index in [1.165, 1.54) is 39.5 Å². The van der Waals surface area contributed by atoms with Crippen LogP contribution in [0.5, 0.6) is 5.75 Å². The van der Waals surface area contributed by atoms with E-state index in [-0.39, 0.29) is 12.3 Å². The van der Waals surface area contributed by atoms with Gasteiger partial charge in [-0.05, 0) is 49.9 Å². The third-order valence-electron chi connectivity index (χ3n) is 6.20. The van der Waals surface area contributed by atoms with E-state index >= 15 is 0 Å². The summed E-state index contributed by atoms with van der Waals surface area (Å²) in [7, 11) is 0. The second kappa shape index (κ2) is 13.5. The third-order valence-corrected chi connectivity index (χ3v) is 6.20. The molecule has 0 aliphatic rings. The van der Waals surface area contributed by atoms with E-state index in [2.05, 4.69) is 22.2 Å². The van der Waals surface area contributed by atoms with Crippen molar-refractivity contribution in [2.75, 3.05) is 6.61 Å². The summed E-state index contributed by atoms with van der Waals surface area (Å²) in [4.78, 5) is 32.3. The molecule has 0 unspecified atom stereocenters. The molecule has 2 aromatic carbocycles. The van der Waals surface area contributed by atoms with Crippen LogP contribution in [0.25, 0.3) is 22.5 Å². The molecule has 196 valence electrons. The quantitative estimate of drug-likeness (QED) is 0.259. The van der Waals surface area contributed by atoms with Crippen molar-refractivity contribution in [3.05, 3.63) is 66.5 Å². The Balaban J connectivity index is 1.50. The average molecular weight is 504 g/mol. The smallest absolute Gasteiger partial charge is 0.328 e. The third kappa shape index (κ3) is 8.70. The van der Waals surface area contributed by atoms with E-state index < -0.39 is 11.5 Å². The van der Waals surface area contributed by atoms with Crippen LogP contribution >= 0.6 is 0 Å². The van der Waals surface area contributed by atoms with E-state index in [1.54, 1.807) is 0 Å². The second-order valence-corrected chi connectivity index (χ2v) is 9.76. The number of benzene rings is 2. The number of hydrogen-bond donors (Lipinski definition) is 2. The van der Waals surface area contributed by atoms with Crippen LogP contribution in [0.3, 0.4) is 0 Å². The maximum atomic E-state index is 12.1. The van der Waals surface area contributed by atoms with Gasteiger partial charge in [0.1, 0.15) is 11.3 Å². The summed E-state index contributed by atoms with van der Waals surface area (Å²) in [5.41, 5.74) is 2.54. The van der Waals surface area contributed by atoms with Crippen molar-refractivity contribution in [1.82, 2.24) is 15.3 Å². The molecule has 0 bridgehead atoms. The minimum atomic E-state index is -1.28. The van der Waals surface area contributed by atoms with Crippen molar-refractivity contribution in [3.63, 3.8) is 0 Å². The lowest BCUT2D eigenvalue weighted by Crippen LogP contribution is -2.49. The van der Waals surface area contributed by atoms with Crippen molar-refractivity contribution in [2.45, 2.75) is 71.3 Å². The van der Waals surface area contributed by atoms with E-state index in [4.69, 9.17) is 9.84 Å². The SMILES string of the molecule is CCCCCCCOc1ccc(-c2cnc(-c3ccc(CCC(=O)NC(C)(C)C(=O)O)cc3)nc2)cc1. The Morgan fingerprint density at radius 1 is 0.865 bits per heavy atom. The van der Waals surface area contributed by atoms with Crippen LogP contribution in [-0.4, -0.2) is 39.1 Å². The Hall–Kier alpha value is -3.74. The number of amides is 1. The van der Waals surface area contributed by atoms with Crippen molar-refractivity contribution >= 4 is 11.9 Å². The number of carbonyl (C=O) groups is 2. The molecule has 7 heteroatoms. The molecule has 0 aliphatic carbocycles. The molecule has 2 N–H and O–H groups in total. The van der Waals surface area contributed by atoms with E-state index in [1.807, 2.05) is 60.9 Å². The molecule has 0 saturated carbocycles. The van der Waals surface area contributed by atoms with Crippen LogP contribution in [0, 0.1) is 0 Å². The first-order valence-electron chi connectivity index (χ1n) is 13.0. The van der Waals surface area contributed by atoms with Crippen LogP contribution < -0.4 is 10.1 Å².